The van der Waals surface area contributed by atoms with E-state index in [1.165, 1.54) is 13.4 Å². The summed E-state index contributed by atoms with van der Waals surface area (Å²) in [6, 6.07) is 12.8. The highest BCUT2D eigenvalue weighted by Crippen LogP contribution is 2.13. The molecule has 28 heavy (non-hydrogen) atoms. The van der Waals surface area contributed by atoms with Gasteiger partial charge in [0.25, 0.3) is 5.91 Å². The van der Waals surface area contributed by atoms with E-state index in [0.29, 0.717) is 5.56 Å². The summed E-state index contributed by atoms with van der Waals surface area (Å²) < 4.78 is 6.43. The summed E-state index contributed by atoms with van der Waals surface area (Å²) in [7, 11) is 1.27. The summed E-state index contributed by atoms with van der Waals surface area (Å²) >= 11 is 0. The van der Waals surface area contributed by atoms with Crippen molar-refractivity contribution in [1.29, 1.82) is 0 Å². The van der Waals surface area contributed by atoms with Crippen LogP contribution in [-0.4, -0.2) is 33.8 Å². The van der Waals surface area contributed by atoms with E-state index in [9.17, 15) is 9.59 Å². The minimum Gasteiger partial charge on any atom is -0.464 e. The fourth-order valence-electron chi connectivity index (χ4n) is 2.79. The first-order valence-corrected chi connectivity index (χ1v) is 8.61. The third kappa shape index (κ3) is 4.50. The number of nitrogens with one attached hydrogen (secondary N) is 1. The van der Waals surface area contributed by atoms with E-state index in [1.807, 2.05) is 44.2 Å². The van der Waals surface area contributed by atoms with Crippen LogP contribution in [0.2, 0.25) is 0 Å². The highest BCUT2D eigenvalue weighted by atomic mass is 16.5. The predicted molar refractivity (Wildman–Crippen MR) is 105 cm³/mol. The van der Waals surface area contributed by atoms with Crippen molar-refractivity contribution in [2.45, 2.75) is 13.8 Å². The van der Waals surface area contributed by atoms with E-state index < -0.39 is 5.97 Å². The molecule has 1 heterocycles. The SMILES string of the molecule is COC(=O)/C(=C\c1ccc(-n2cncn2)cc1)NC(=O)c1cc(C)cc(C)c1. The van der Waals surface area contributed by atoms with Crippen LogP contribution in [0.3, 0.4) is 0 Å². The second-order valence-corrected chi connectivity index (χ2v) is 6.31. The van der Waals surface area contributed by atoms with Crippen molar-refractivity contribution < 1.29 is 14.3 Å². The lowest BCUT2D eigenvalue weighted by atomic mass is 10.1. The van der Waals surface area contributed by atoms with E-state index >= 15 is 0 Å². The third-order valence-electron chi connectivity index (χ3n) is 4.02. The largest absolute Gasteiger partial charge is 0.464 e. The van der Waals surface area contributed by atoms with Crippen LogP contribution in [0.1, 0.15) is 27.0 Å². The molecule has 3 aromatic rings. The van der Waals surface area contributed by atoms with Gasteiger partial charge in [-0.3, -0.25) is 4.79 Å². The number of esters is 1. The molecular formula is C21H20N4O3. The topological polar surface area (TPSA) is 86.1 Å². The number of carbonyl (C=O) groups excluding carboxylic acids is 2. The molecule has 1 N–H and O–H groups in total. The molecule has 0 fully saturated rings. The van der Waals surface area contributed by atoms with Crippen LogP contribution >= 0.6 is 0 Å². The number of nitrogens with zero attached hydrogens (tertiary/aromatic N) is 3. The zero-order valence-electron chi connectivity index (χ0n) is 15.8. The number of aryl methyl sites for hydroxylation is 2. The average molecular weight is 376 g/mol. The number of hydrogen-bond acceptors (Lipinski definition) is 5. The number of benzene rings is 2. The molecule has 0 aliphatic carbocycles. The van der Waals surface area contributed by atoms with E-state index in [2.05, 4.69) is 15.4 Å². The maximum atomic E-state index is 12.6. The van der Waals surface area contributed by atoms with Gasteiger partial charge in [0.15, 0.2) is 0 Å². The van der Waals surface area contributed by atoms with E-state index in [1.54, 1.807) is 29.2 Å². The first-order valence-electron chi connectivity index (χ1n) is 8.61. The van der Waals surface area contributed by atoms with Gasteiger partial charge < -0.3 is 10.1 Å². The van der Waals surface area contributed by atoms with Gasteiger partial charge in [-0.2, -0.15) is 5.10 Å². The molecule has 0 atom stereocenters. The number of rotatable bonds is 5. The number of amides is 1. The van der Waals surface area contributed by atoms with Crippen LogP contribution in [0.15, 0.2) is 60.8 Å². The lowest BCUT2D eigenvalue weighted by molar-refractivity contribution is -0.136. The van der Waals surface area contributed by atoms with E-state index in [4.69, 9.17) is 4.74 Å². The monoisotopic (exact) mass is 376 g/mol. The zero-order chi connectivity index (χ0) is 20.1. The summed E-state index contributed by atoms with van der Waals surface area (Å²) in [5, 5.41) is 6.71. The lowest BCUT2D eigenvalue weighted by Crippen LogP contribution is -2.28. The fourth-order valence-corrected chi connectivity index (χ4v) is 2.79. The van der Waals surface area contributed by atoms with Crippen LogP contribution in [0.4, 0.5) is 0 Å². The Bertz CT molecular complexity index is 1000. The highest BCUT2D eigenvalue weighted by molar-refractivity contribution is 6.03. The van der Waals surface area contributed by atoms with Gasteiger partial charge in [0, 0.05) is 5.56 Å². The van der Waals surface area contributed by atoms with Crippen molar-refractivity contribution in [3.05, 3.63) is 83.1 Å². The minimum absolute atomic E-state index is 0.0557. The maximum absolute atomic E-state index is 12.6. The zero-order valence-corrected chi connectivity index (χ0v) is 15.8. The maximum Gasteiger partial charge on any atom is 0.354 e. The molecule has 0 saturated heterocycles. The Balaban J connectivity index is 1.85. The summed E-state index contributed by atoms with van der Waals surface area (Å²) in [6.07, 6.45) is 4.61. The summed E-state index contributed by atoms with van der Waals surface area (Å²) in [5.41, 5.74) is 4.03. The Hall–Kier alpha value is -3.74. The van der Waals surface area contributed by atoms with Gasteiger partial charge >= 0.3 is 5.97 Å². The Kier molecular flexibility index (Phi) is 5.64. The fraction of sp³-hybridized carbons (Fsp3) is 0.143. The molecule has 142 valence electrons. The van der Waals surface area contributed by atoms with Gasteiger partial charge in [-0.15, -0.1) is 0 Å². The molecule has 3 rings (SSSR count). The Morgan fingerprint density at radius 2 is 1.75 bits per heavy atom. The second kappa shape index (κ2) is 8.30. The number of ether oxygens (including phenoxy) is 1. The third-order valence-corrected chi connectivity index (χ3v) is 4.02. The van der Waals surface area contributed by atoms with Gasteiger partial charge in [0.1, 0.15) is 18.4 Å². The van der Waals surface area contributed by atoms with Gasteiger partial charge in [-0.1, -0.05) is 29.3 Å². The number of aromatic nitrogens is 3. The molecule has 0 aliphatic heterocycles. The standard InChI is InChI=1S/C21H20N4O3/c1-14-8-15(2)10-17(9-14)20(26)24-19(21(27)28-3)11-16-4-6-18(7-5-16)25-13-22-12-23-25/h4-13H,1-3H3,(H,24,26)/b19-11+. The van der Waals surface area contributed by atoms with Crippen LogP contribution in [0, 0.1) is 13.8 Å². The van der Waals surface area contributed by atoms with Crippen molar-refractivity contribution in [2.75, 3.05) is 7.11 Å². The smallest absolute Gasteiger partial charge is 0.354 e. The van der Waals surface area contributed by atoms with E-state index in [-0.39, 0.29) is 11.6 Å². The van der Waals surface area contributed by atoms with Crippen molar-refractivity contribution >= 4 is 18.0 Å². The molecular weight excluding hydrogens is 356 g/mol. The molecule has 0 unspecified atom stereocenters. The first kappa shape index (κ1) is 19.0. The van der Waals surface area contributed by atoms with Crippen molar-refractivity contribution in [1.82, 2.24) is 20.1 Å². The van der Waals surface area contributed by atoms with Gasteiger partial charge in [-0.25, -0.2) is 14.5 Å². The molecule has 7 nitrogen and oxygen atoms in total. The summed E-state index contributed by atoms with van der Waals surface area (Å²) in [4.78, 5) is 28.7. The van der Waals surface area contributed by atoms with Gasteiger partial charge in [0.2, 0.25) is 0 Å². The van der Waals surface area contributed by atoms with Crippen LogP contribution in [-0.2, 0) is 9.53 Å². The minimum atomic E-state index is -0.627. The lowest BCUT2D eigenvalue weighted by Gasteiger charge is -2.10. The van der Waals surface area contributed by atoms with Gasteiger partial charge in [0.05, 0.1) is 12.8 Å². The number of methoxy groups -OCH3 is 1. The number of hydrogen-bond donors (Lipinski definition) is 1. The molecule has 2 aromatic carbocycles. The van der Waals surface area contributed by atoms with Crippen LogP contribution in [0.25, 0.3) is 11.8 Å². The predicted octanol–water partition coefficient (Wildman–Crippen LogP) is 2.83. The molecule has 0 bridgehead atoms. The van der Waals surface area contributed by atoms with Crippen molar-refractivity contribution in [3.8, 4) is 5.69 Å². The molecule has 7 heteroatoms. The molecule has 0 saturated carbocycles. The first-order chi connectivity index (χ1) is 13.5. The molecule has 0 radical (unpaired) electrons. The Morgan fingerprint density at radius 3 is 2.32 bits per heavy atom. The van der Waals surface area contributed by atoms with Crippen LogP contribution in [0.5, 0.6) is 0 Å². The second-order valence-electron chi connectivity index (χ2n) is 6.31. The molecule has 0 aliphatic rings. The number of carbonyl (C=O) groups is 2. The average Bonchev–Trinajstić information content (AvgIpc) is 3.21. The Morgan fingerprint density at radius 1 is 1.07 bits per heavy atom. The summed E-state index contributed by atoms with van der Waals surface area (Å²) in [6.45, 7) is 3.83. The van der Waals surface area contributed by atoms with Crippen molar-refractivity contribution in [2.24, 2.45) is 0 Å². The van der Waals surface area contributed by atoms with E-state index in [0.717, 1.165) is 22.4 Å². The molecule has 1 amide bonds. The van der Waals surface area contributed by atoms with Crippen molar-refractivity contribution in [3.63, 3.8) is 0 Å². The van der Waals surface area contributed by atoms with Crippen LogP contribution < -0.4 is 5.32 Å². The Labute approximate surface area is 162 Å². The molecule has 0 spiro atoms. The quantitative estimate of drug-likeness (QED) is 0.547. The molecule has 1 aromatic heterocycles. The highest BCUT2D eigenvalue weighted by Gasteiger charge is 2.15. The normalized spacial score (nSPS) is 11.2. The van der Waals surface area contributed by atoms with Gasteiger partial charge in [-0.05, 0) is 49.8 Å². The summed E-state index contributed by atoms with van der Waals surface area (Å²) in [5.74, 6) is -0.999.